The molecule has 1 N–H and O–H groups in total. The summed E-state index contributed by atoms with van der Waals surface area (Å²) in [7, 11) is 0. The van der Waals surface area contributed by atoms with E-state index in [2.05, 4.69) is 22.6 Å². The molecule has 6 heteroatoms. The highest BCUT2D eigenvalue weighted by Gasteiger charge is 2.27. The lowest BCUT2D eigenvalue weighted by Gasteiger charge is -2.36. The lowest BCUT2D eigenvalue weighted by Crippen LogP contribution is -2.48. The Bertz CT molecular complexity index is 419. The third-order valence-corrected chi connectivity index (χ3v) is 4.32. The van der Waals surface area contributed by atoms with E-state index in [4.69, 9.17) is 0 Å². The van der Waals surface area contributed by atoms with Crippen molar-refractivity contribution in [3.05, 3.63) is 30.1 Å². The maximum absolute atomic E-state index is 12.4. The summed E-state index contributed by atoms with van der Waals surface area (Å²) in [5, 5.41) is 3.37. The van der Waals surface area contributed by atoms with Crippen molar-refractivity contribution in [2.75, 3.05) is 31.6 Å². The molecule has 0 aliphatic carbocycles. The molecule has 0 bridgehead atoms. The summed E-state index contributed by atoms with van der Waals surface area (Å²) in [4.78, 5) is 18.6. The summed E-state index contributed by atoms with van der Waals surface area (Å²) in [6, 6.07) is 4.12. The van der Waals surface area contributed by atoms with E-state index in [0.717, 1.165) is 43.8 Å². The Morgan fingerprint density at radius 3 is 3.10 bits per heavy atom. The van der Waals surface area contributed by atoms with Crippen molar-refractivity contribution in [1.29, 1.82) is 0 Å². The van der Waals surface area contributed by atoms with Gasteiger partial charge in [-0.15, -0.1) is 12.4 Å². The second kappa shape index (κ2) is 10.0. The number of piperazine rings is 1. The number of hydrogen-bond acceptors (Lipinski definition) is 4. The first kappa shape index (κ1) is 18.3. The molecular formula is C15H24ClN3OS. The maximum Gasteiger partial charge on any atom is 0.223 e. The number of carbonyl (C=O) groups is 1. The Morgan fingerprint density at radius 2 is 2.38 bits per heavy atom. The fourth-order valence-electron chi connectivity index (χ4n) is 2.54. The van der Waals surface area contributed by atoms with E-state index in [0.29, 0.717) is 6.42 Å². The van der Waals surface area contributed by atoms with Crippen LogP contribution in [0.5, 0.6) is 0 Å². The summed E-state index contributed by atoms with van der Waals surface area (Å²) in [5.74, 6) is 1.42. The summed E-state index contributed by atoms with van der Waals surface area (Å²) in [6.07, 6.45) is 8.52. The number of nitrogens with one attached hydrogen (secondary N) is 1. The molecule has 1 aliphatic rings. The number of halogens is 1. The van der Waals surface area contributed by atoms with Crippen LogP contribution in [0.3, 0.4) is 0 Å². The number of carbonyl (C=O) groups excluding carboxylic acids is 1. The van der Waals surface area contributed by atoms with Crippen molar-refractivity contribution in [1.82, 2.24) is 15.2 Å². The minimum atomic E-state index is 0. The summed E-state index contributed by atoms with van der Waals surface area (Å²) >= 11 is 1.84. The Morgan fingerprint density at radius 1 is 1.52 bits per heavy atom. The smallest absolute Gasteiger partial charge is 0.223 e. The Kier molecular flexibility index (Phi) is 8.73. The molecule has 1 atom stereocenters. The van der Waals surface area contributed by atoms with Crippen LogP contribution >= 0.6 is 24.2 Å². The van der Waals surface area contributed by atoms with Crippen LogP contribution in [-0.2, 0) is 4.79 Å². The number of amides is 1. The molecule has 1 fully saturated rings. The molecule has 118 valence electrons. The lowest BCUT2D eigenvalue weighted by atomic mass is 10.0. The normalized spacial score (nSPS) is 18.1. The van der Waals surface area contributed by atoms with E-state index < -0.39 is 0 Å². The molecule has 1 aromatic heterocycles. The molecular weight excluding hydrogens is 306 g/mol. The van der Waals surface area contributed by atoms with Crippen LogP contribution in [0.25, 0.3) is 0 Å². The molecule has 4 nitrogen and oxygen atoms in total. The van der Waals surface area contributed by atoms with Crippen LogP contribution in [0.15, 0.2) is 24.5 Å². The summed E-state index contributed by atoms with van der Waals surface area (Å²) in [6.45, 7) is 2.50. The minimum absolute atomic E-state index is 0. The fraction of sp³-hybridized carbons (Fsp3) is 0.600. The van der Waals surface area contributed by atoms with E-state index in [1.54, 1.807) is 6.20 Å². The van der Waals surface area contributed by atoms with Crippen molar-refractivity contribution in [3.8, 4) is 0 Å². The first-order valence-corrected chi connectivity index (χ1v) is 8.61. The molecule has 2 rings (SSSR count). The van der Waals surface area contributed by atoms with Crippen molar-refractivity contribution in [2.45, 2.75) is 25.3 Å². The molecule has 1 unspecified atom stereocenters. The number of aromatic nitrogens is 1. The predicted molar refractivity (Wildman–Crippen MR) is 91.0 cm³/mol. The monoisotopic (exact) mass is 329 g/mol. The van der Waals surface area contributed by atoms with E-state index >= 15 is 0 Å². The van der Waals surface area contributed by atoms with Gasteiger partial charge in [-0.25, -0.2) is 0 Å². The predicted octanol–water partition coefficient (Wildman–Crippen LogP) is 2.51. The van der Waals surface area contributed by atoms with E-state index in [1.807, 2.05) is 28.9 Å². The molecule has 1 aromatic rings. The highest BCUT2D eigenvalue weighted by molar-refractivity contribution is 7.98. The van der Waals surface area contributed by atoms with Crippen molar-refractivity contribution >= 4 is 30.1 Å². The highest BCUT2D eigenvalue weighted by Crippen LogP contribution is 2.22. The van der Waals surface area contributed by atoms with Crippen molar-refractivity contribution < 1.29 is 4.79 Å². The van der Waals surface area contributed by atoms with Gasteiger partial charge in [0.1, 0.15) is 0 Å². The largest absolute Gasteiger partial charge is 0.333 e. The van der Waals surface area contributed by atoms with Gasteiger partial charge in [0.2, 0.25) is 5.91 Å². The Labute approximate surface area is 137 Å². The van der Waals surface area contributed by atoms with E-state index in [-0.39, 0.29) is 24.4 Å². The van der Waals surface area contributed by atoms with Gasteiger partial charge in [0.15, 0.2) is 0 Å². The first-order valence-electron chi connectivity index (χ1n) is 7.22. The molecule has 0 spiro atoms. The van der Waals surface area contributed by atoms with E-state index in [1.165, 1.54) is 0 Å². The number of hydrogen-bond donors (Lipinski definition) is 1. The van der Waals surface area contributed by atoms with Crippen molar-refractivity contribution in [3.63, 3.8) is 0 Å². The topological polar surface area (TPSA) is 45.2 Å². The molecule has 21 heavy (non-hydrogen) atoms. The Hall–Kier alpha value is -0.780. The van der Waals surface area contributed by atoms with Gasteiger partial charge in [0.05, 0.1) is 6.04 Å². The van der Waals surface area contributed by atoms with Crippen LogP contribution in [-0.4, -0.2) is 47.4 Å². The molecule has 1 amide bonds. The number of rotatable bonds is 6. The van der Waals surface area contributed by atoms with Gasteiger partial charge < -0.3 is 10.2 Å². The third-order valence-electron chi connectivity index (χ3n) is 3.62. The second-order valence-electron chi connectivity index (χ2n) is 5.04. The van der Waals surface area contributed by atoms with Gasteiger partial charge in [0.25, 0.3) is 0 Å². The van der Waals surface area contributed by atoms with Gasteiger partial charge in [-0.05, 0) is 36.5 Å². The van der Waals surface area contributed by atoms with Crippen LogP contribution in [0.1, 0.15) is 30.9 Å². The van der Waals surface area contributed by atoms with Gasteiger partial charge in [-0.1, -0.05) is 6.07 Å². The van der Waals surface area contributed by atoms with Gasteiger partial charge >= 0.3 is 0 Å². The highest BCUT2D eigenvalue weighted by atomic mass is 35.5. The van der Waals surface area contributed by atoms with Gasteiger partial charge in [0, 0.05) is 38.4 Å². The zero-order chi connectivity index (χ0) is 14.2. The maximum atomic E-state index is 12.4. The zero-order valence-corrected chi connectivity index (χ0v) is 14.1. The summed E-state index contributed by atoms with van der Waals surface area (Å²) < 4.78 is 0. The Balaban J connectivity index is 0.00000220. The second-order valence-corrected chi connectivity index (χ2v) is 6.03. The summed E-state index contributed by atoms with van der Waals surface area (Å²) in [5.41, 5.74) is 1.12. The minimum Gasteiger partial charge on any atom is -0.333 e. The quantitative estimate of drug-likeness (QED) is 0.815. The number of thioether (sulfide) groups is 1. The molecule has 1 aliphatic heterocycles. The molecule has 1 saturated heterocycles. The number of pyridine rings is 1. The standard InChI is InChI=1S/C15H23N3OS.ClH/c1-20-10-3-2-6-15(19)18-9-8-17-12-14(18)13-5-4-7-16-11-13;/h4-5,7,11,14,17H,2-3,6,8-10,12H2,1H3;1H. The number of unbranched alkanes of at least 4 members (excludes halogenated alkanes) is 1. The third kappa shape index (κ3) is 5.49. The van der Waals surface area contributed by atoms with Crippen LogP contribution in [0.4, 0.5) is 0 Å². The van der Waals surface area contributed by atoms with Crippen LogP contribution < -0.4 is 5.32 Å². The zero-order valence-electron chi connectivity index (χ0n) is 12.5. The fourth-order valence-corrected chi connectivity index (χ4v) is 3.03. The van der Waals surface area contributed by atoms with Crippen LogP contribution in [0, 0.1) is 0 Å². The molecule has 0 saturated carbocycles. The van der Waals surface area contributed by atoms with Gasteiger partial charge in [-0.3, -0.25) is 9.78 Å². The van der Waals surface area contributed by atoms with Crippen LogP contribution in [0.2, 0.25) is 0 Å². The molecule has 0 aromatic carbocycles. The molecule has 0 radical (unpaired) electrons. The lowest BCUT2D eigenvalue weighted by molar-refractivity contribution is -0.134. The average Bonchev–Trinajstić information content (AvgIpc) is 2.52. The first-order chi connectivity index (χ1) is 9.83. The average molecular weight is 330 g/mol. The number of nitrogens with zero attached hydrogens (tertiary/aromatic N) is 2. The van der Waals surface area contributed by atoms with Crippen molar-refractivity contribution in [2.24, 2.45) is 0 Å². The molecule has 2 heterocycles. The van der Waals surface area contributed by atoms with Gasteiger partial charge in [-0.2, -0.15) is 11.8 Å². The SMILES string of the molecule is CSCCCCC(=O)N1CCNCC1c1cccnc1.Cl. The van der Waals surface area contributed by atoms with E-state index in [9.17, 15) is 4.79 Å².